The summed E-state index contributed by atoms with van der Waals surface area (Å²) in [5.41, 5.74) is 3.18. The topological polar surface area (TPSA) is 54.0 Å². The van der Waals surface area contributed by atoms with Gasteiger partial charge in [0.05, 0.1) is 11.3 Å². The van der Waals surface area contributed by atoms with Crippen LogP contribution in [0, 0.1) is 12.7 Å². The van der Waals surface area contributed by atoms with Crippen LogP contribution in [0.1, 0.15) is 27.0 Å². The van der Waals surface area contributed by atoms with Crippen LogP contribution in [0.25, 0.3) is 0 Å². The summed E-state index contributed by atoms with van der Waals surface area (Å²) in [4.78, 5) is 16.1. The van der Waals surface area contributed by atoms with Crippen LogP contribution in [-0.4, -0.2) is 17.4 Å². The van der Waals surface area contributed by atoms with Crippen molar-refractivity contribution in [1.29, 1.82) is 0 Å². The lowest BCUT2D eigenvalue weighted by Crippen LogP contribution is -2.25. The number of aryl methyl sites for hydroxylation is 1. The van der Waals surface area contributed by atoms with Gasteiger partial charge in [0.1, 0.15) is 5.82 Å². The Morgan fingerprint density at radius 3 is 3.05 bits per heavy atom. The number of nitrogens with one attached hydrogen (secondary N) is 2. The zero-order valence-electron chi connectivity index (χ0n) is 11.7. The standard InChI is InChI=1S/C16H16FN3O/c1-10-6-12(9-19-7-10)16(21)20-14-3-2-11-8-18-5-4-13(11)15(14)17/h2-3,6-7,9,18H,4-5,8H2,1H3,(H,20,21). The van der Waals surface area contributed by atoms with E-state index in [1.165, 1.54) is 6.20 Å². The second-order valence-corrected chi connectivity index (χ2v) is 5.20. The first-order chi connectivity index (χ1) is 10.1. The summed E-state index contributed by atoms with van der Waals surface area (Å²) in [6.45, 7) is 3.28. The third-order valence-electron chi connectivity index (χ3n) is 3.59. The highest BCUT2D eigenvalue weighted by Crippen LogP contribution is 2.24. The van der Waals surface area contributed by atoms with E-state index in [4.69, 9.17) is 0 Å². The van der Waals surface area contributed by atoms with Gasteiger partial charge in [-0.1, -0.05) is 6.07 Å². The molecule has 5 heteroatoms. The molecule has 4 nitrogen and oxygen atoms in total. The van der Waals surface area contributed by atoms with Crippen LogP contribution < -0.4 is 10.6 Å². The first-order valence-electron chi connectivity index (χ1n) is 6.89. The largest absolute Gasteiger partial charge is 0.319 e. The van der Waals surface area contributed by atoms with Crippen LogP contribution >= 0.6 is 0 Å². The molecule has 2 heterocycles. The number of carbonyl (C=O) groups excluding carboxylic acids is 1. The average molecular weight is 285 g/mol. The van der Waals surface area contributed by atoms with Crippen LogP contribution in [0.15, 0.2) is 30.6 Å². The third kappa shape index (κ3) is 2.78. The number of aromatic nitrogens is 1. The first kappa shape index (κ1) is 13.7. The first-order valence-corrected chi connectivity index (χ1v) is 6.89. The maximum atomic E-state index is 14.5. The zero-order chi connectivity index (χ0) is 14.8. The van der Waals surface area contributed by atoms with E-state index in [0.717, 1.165) is 17.7 Å². The van der Waals surface area contributed by atoms with Crippen molar-refractivity contribution < 1.29 is 9.18 Å². The zero-order valence-corrected chi connectivity index (χ0v) is 11.7. The lowest BCUT2D eigenvalue weighted by Gasteiger charge is -2.19. The molecule has 108 valence electrons. The fourth-order valence-corrected chi connectivity index (χ4v) is 2.50. The summed E-state index contributed by atoms with van der Waals surface area (Å²) in [6.07, 6.45) is 3.78. The van der Waals surface area contributed by atoms with Crippen molar-refractivity contribution in [3.05, 3.63) is 58.7 Å². The van der Waals surface area contributed by atoms with Gasteiger partial charge in [-0.2, -0.15) is 0 Å². The van der Waals surface area contributed by atoms with Gasteiger partial charge in [-0.3, -0.25) is 9.78 Å². The molecule has 0 radical (unpaired) electrons. The molecule has 0 bridgehead atoms. The summed E-state index contributed by atoms with van der Waals surface area (Å²) in [6, 6.07) is 5.19. The highest BCUT2D eigenvalue weighted by atomic mass is 19.1. The van der Waals surface area contributed by atoms with Crippen LogP contribution in [0.4, 0.5) is 10.1 Å². The number of benzene rings is 1. The van der Waals surface area contributed by atoms with Crippen molar-refractivity contribution in [2.24, 2.45) is 0 Å². The van der Waals surface area contributed by atoms with Gasteiger partial charge < -0.3 is 10.6 Å². The molecule has 0 unspecified atom stereocenters. The minimum atomic E-state index is -0.348. The molecule has 1 amide bonds. The van der Waals surface area contributed by atoms with Crippen molar-refractivity contribution in [1.82, 2.24) is 10.3 Å². The van der Waals surface area contributed by atoms with Gasteiger partial charge in [0.2, 0.25) is 0 Å². The van der Waals surface area contributed by atoms with Crippen LogP contribution in [0.2, 0.25) is 0 Å². The highest BCUT2D eigenvalue weighted by Gasteiger charge is 2.18. The molecular weight excluding hydrogens is 269 g/mol. The summed E-state index contributed by atoms with van der Waals surface area (Å²) >= 11 is 0. The van der Waals surface area contributed by atoms with Gasteiger partial charge in [-0.25, -0.2) is 4.39 Å². The van der Waals surface area contributed by atoms with Crippen molar-refractivity contribution in [3.8, 4) is 0 Å². The van der Waals surface area contributed by atoms with E-state index in [0.29, 0.717) is 24.1 Å². The Balaban J connectivity index is 1.86. The molecule has 2 N–H and O–H groups in total. The molecule has 21 heavy (non-hydrogen) atoms. The van der Waals surface area contributed by atoms with Gasteiger partial charge in [0.15, 0.2) is 0 Å². The Labute approximate surface area is 122 Å². The number of anilines is 1. The average Bonchev–Trinajstić information content (AvgIpc) is 2.50. The Morgan fingerprint density at radius 1 is 1.38 bits per heavy atom. The molecule has 1 aromatic carbocycles. The number of halogens is 1. The van der Waals surface area contributed by atoms with Crippen molar-refractivity contribution in [2.45, 2.75) is 19.9 Å². The molecule has 0 fully saturated rings. The van der Waals surface area contributed by atoms with E-state index in [9.17, 15) is 9.18 Å². The molecule has 1 aliphatic rings. The Kier molecular flexibility index (Phi) is 3.66. The minimum Gasteiger partial charge on any atom is -0.319 e. The SMILES string of the molecule is Cc1cncc(C(=O)Nc2ccc3c(c2F)CCNC3)c1. The summed E-state index contributed by atoms with van der Waals surface area (Å²) in [7, 11) is 0. The van der Waals surface area contributed by atoms with E-state index in [1.54, 1.807) is 18.3 Å². The summed E-state index contributed by atoms with van der Waals surface area (Å²) in [5, 5.41) is 5.83. The fraction of sp³-hybridized carbons (Fsp3) is 0.250. The molecule has 0 saturated carbocycles. The van der Waals surface area contributed by atoms with Crippen molar-refractivity contribution >= 4 is 11.6 Å². The number of carbonyl (C=O) groups is 1. The molecule has 1 aromatic heterocycles. The maximum Gasteiger partial charge on any atom is 0.257 e. The number of amides is 1. The minimum absolute atomic E-state index is 0.224. The van der Waals surface area contributed by atoms with E-state index in [2.05, 4.69) is 15.6 Å². The predicted molar refractivity (Wildman–Crippen MR) is 78.7 cm³/mol. The van der Waals surface area contributed by atoms with Gasteiger partial charge in [0.25, 0.3) is 5.91 Å². The molecule has 2 aromatic rings. The summed E-state index contributed by atoms with van der Waals surface area (Å²) in [5.74, 6) is -0.679. The Bertz CT molecular complexity index is 700. The van der Waals surface area contributed by atoms with Crippen molar-refractivity contribution in [3.63, 3.8) is 0 Å². The van der Waals surface area contributed by atoms with Gasteiger partial charge in [-0.05, 0) is 48.7 Å². The molecule has 0 saturated heterocycles. The second kappa shape index (κ2) is 5.61. The molecule has 0 atom stereocenters. The fourth-order valence-electron chi connectivity index (χ4n) is 2.50. The van der Waals surface area contributed by atoms with Gasteiger partial charge in [-0.15, -0.1) is 0 Å². The third-order valence-corrected chi connectivity index (χ3v) is 3.59. The Morgan fingerprint density at radius 2 is 2.24 bits per heavy atom. The molecule has 0 aliphatic carbocycles. The quantitative estimate of drug-likeness (QED) is 0.891. The summed E-state index contributed by atoms with van der Waals surface area (Å²) < 4.78 is 14.5. The number of pyridine rings is 1. The molecule has 1 aliphatic heterocycles. The van der Waals surface area contributed by atoms with Gasteiger partial charge >= 0.3 is 0 Å². The van der Waals surface area contributed by atoms with Crippen LogP contribution in [0.3, 0.4) is 0 Å². The van der Waals surface area contributed by atoms with Crippen LogP contribution in [0.5, 0.6) is 0 Å². The monoisotopic (exact) mass is 285 g/mol. The number of nitrogens with zero attached hydrogens (tertiary/aromatic N) is 1. The highest BCUT2D eigenvalue weighted by molar-refractivity contribution is 6.04. The van der Waals surface area contributed by atoms with E-state index >= 15 is 0 Å². The maximum absolute atomic E-state index is 14.5. The number of rotatable bonds is 2. The van der Waals surface area contributed by atoms with Gasteiger partial charge in [0, 0.05) is 18.9 Å². The van der Waals surface area contributed by atoms with E-state index in [-0.39, 0.29) is 17.4 Å². The second-order valence-electron chi connectivity index (χ2n) is 5.20. The number of fused-ring (bicyclic) bond motifs is 1. The molecular formula is C16H16FN3O. The van der Waals surface area contributed by atoms with Crippen LogP contribution in [-0.2, 0) is 13.0 Å². The van der Waals surface area contributed by atoms with E-state index < -0.39 is 0 Å². The predicted octanol–water partition coefficient (Wildman–Crippen LogP) is 2.43. The lowest BCUT2D eigenvalue weighted by atomic mass is 9.99. The number of hydrogen-bond donors (Lipinski definition) is 2. The smallest absolute Gasteiger partial charge is 0.257 e. The molecule has 0 spiro atoms. The normalized spacial score (nSPS) is 13.6. The molecule has 3 rings (SSSR count). The van der Waals surface area contributed by atoms with E-state index in [1.807, 2.05) is 13.0 Å². The Hall–Kier alpha value is -2.27. The lowest BCUT2D eigenvalue weighted by molar-refractivity contribution is 0.102. The van der Waals surface area contributed by atoms with Crippen molar-refractivity contribution in [2.75, 3.05) is 11.9 Å². The number of hydrogen-bond acceptors (Lipinski definition) is 3.